The molecule has 1 fully saturated rings. The first-order chi connectivity index (χ1) is 9.40. The summed E-state index contributed by atoms with van der Waals surface area (Å²) in [5.74, 6) is 2.15. The Labute approximate surface area is 140 Å². The van der Waals surface area contributed by atoms with Gasteiger partial charge in [-0.3, -0.25) is 0 Å². The first kappa shape index (κ1) is 16.5. The highest BCUT2D eigenvalue weighted by molar-refractivity contribution is 9.10. The van der Waals surface area contributed by atoms with Crippen LogP contribution in [-0.2, 0) is 0 Å². The summed E-state index contributed by atoms with van der Waals surface area (Å²) >= 11 is 16.0. The molecule has 0 bridgehead atoms. The van der Waals surface area contributed by atoms with Crippen LogP contribution in [0.25, 0.3) is 0 Å². The number of hydrogen-bond donors (Lipinski definition) is 1. The Bertz CT molecular complexity index is 476. The summed E-state index contributed by atoms with van der Waals surface area (Å²) in [6, 6.07) is 4.44. The fraction of sp³-hybridized carbons (Fsp3) is 0.625. The van der Waals surface area contributed by atoms with Crippen molar-refractivity contribution in [2.75, 3.05) is 5.32 Å². The summed E-state index contributed by atoms with van der Waals surface area (Å²) < 4.78 is 0.840. The van der Waals surface area contributed by atoms with Crippen LogP contribution in [0.1, 0.15) is 40.0 Å². The zero-order chi connectivity index (χ0) is 14.9. The minimum absolute atomic E-state index is 0.480. The highest BCUT2D eigenvalue weighted by Gasteiger charge is 2.31. The largest absolute Gasteiger partial charge is 0.381 e. The van der Waals surface area contributed by atoms with Crippen LogP contribution >= 0.6 is 39.1 Å². The predicted octanol–water partition coefficient (Wildman–Crippen LogP) is 6.63. The summed E-state index contributed by atoms with van der Waals surface area (Å²) in [5, 5.41) is 4.84. The fourth-order valence-electron chi connectivity index (χ4n) is 3.21. The molecule has 3 atom stereocenters. The molecule has 1 nitrogen and oxygen atoms in total. The summed E-state index contributed by atoms with van der Waals surface area (Å²) in [6.45, 7) is 6.96. The Morgan fingerprint density at radius 2 is 1.90 bits per heavy atom. The molecule has 4 heteroatoms. The Morgan fingerprint density at radius 1 is 1.20 bits per heavy atom. The molecule has 0 amide bonds. The van der Waals surface area contributed by atoms with E-state index in [1.807, 2.05) is 12.1 Å². The maximum atomic E-state index is 6.36. The van der Waals surface area contributed by atoms with Gasteiger partial charge < -0.3 is 5.32 Å². The van der Waals surface area contributed by atoms with Gasteiger partial charge in [-0.1, -0.05) is 50.4 Å². The van der Waals surface area contributed by atoms with E-state index < -0.39 is 0 Å². The van der Waals surface area contributed by atoms with Crippen LogP contribution < -0.4 is 5.32 Å². The number of anilines is 1. The van der Waals surface area contributed by atoms with Crippen LogP contribution in [0.2, 0.25) is 10.0 Å². The van der Waals surface area contributed by atoms with E-state index in [2.05, 4.69) is 42.0 Å². The first-order valence-corrected chi connectivity index (χ1v) is 8.85. The zero-order valence-corrected chi connectivity index (χ0v) is 15.3. The molecule has 0 aromatic heterocycles. The topological polar surface area (TPSA) is 12.0 Å². The SMILES string of the molecule is CC1CCC(C(C)C)C(Nc2ccc(Br)c(Cl)c2Cl)C1. The van der Waals surface area contributed by atoms with Crippen molar-refractivity contribution in [3.8, 4) is 0 Å². The molecule has 0 aliphatic heterocycles. The van der Waals surface area contributed by atoms with Crippen molar-refractivity contribution in [1.29, 1.82) is 0 Å². The molecular formula is C16H22BrCl2N. The lowest BCUT2D eigenvalue weighted by atomic mass is 9.74. The Kier molecular flexibility index (Phi) is 5.67. The third-order valence-corrected chi connectivity index (χ3v) is 6.17. The molecule has 0 saturated heterocycles. The molecule has 3 unspecified atom stereocenters. The van der Waals surface area contributed by atoms with Gasteiger partial charge in [0.2, 0.25) is 0 Å². The molecule has 0 heterocycles. The van der Waals surface area contributed by atoms with Crippen LogP contribution in [0, 0.1) is 17.8 Å². The monoisotopic (exact) mass is 377 g/mol. The van der Waals surface area contributed by atoms with Gasteiger partial charge in [-0.25, -0.2) is 0 Å². The second-order valence-electron chi connectivity index (χ2n) is 6.30. The summed E-state index contributed by atoms with van der Waals surface area (Å²) in [5.41, 5.74) is 0.949. The standard InChI is InChI=1S/C16H22BrCl2N/c1-9(2)11-5-4-10(3)8-14(11)20-13-7-6-12(17)15(18)16(13)19/h6-7,9-11,14,20H,4-5,8H2,1-3H3. The minimum atomic E-state index is 0.480. The second-order valence-corrected chi connectivity index (χ2v) is 7.91. The van der Waals surface area contributed by atoms with Crippen molar-refractivity contribution >= 4 is 44.8 Å². The van der Waals surface area contributed by atoms with Crippen molar-refractivity contribution in [3.63, 3.8) is 0 Å². The molecule has 1 N–H and O–H groups in total. The van der Waals surface area contributed by atoms with E-state index >= 15 is 0 Å². The highest BCUT2D eigenvalue weighted by atomic mass is 79.9. The summed E-state index contributed by atoms with van der Waals surface area (Å²) in [7, 11) is 0. The number of rotatable bonds is 3. The maximum absolute atomic E-state index is 6.36. The Morgan fingerprint density at radius 3 is 2.55 bits per heavy atom. The van der Waals surface area contributed by atoms with E-state index in [4.69, 9.17) is 23.2 Å². The van der Waals surface area contributed by atoms with Crippen LogP contribution in [0.15, 0.2) is 16.6 Å². The van der Waals surface area contributed by atoms with Gasteiger partial charge in [-0.15, -0.1) is 0 Å². The average Bonchev–Trinajstić information content (AvgIpc) is 2.39. The van der Waals surface area contributed by atoms with Gasteiger partial charge >= 0.3 is 0 Å². The van der Waals surface area contributed by atoms with Crippen LogP contribution in [0.3, 0.4) is 0 Å². The fourth-order valence-corrected chi connectivity index (χ4v) is 4.03. The second kappa shape index (κ2) is 6.89. The lowest BCUT2D eigenvalue weighted by Gasteiger charge is -2.38. The Balaban J connectivity index is 2.20. The molecule has 112 valence electrons. The molecule has 1 aliphatic carbocycles. The van der Waals surface area contributed by atoms with E-state index in [9.17, 15) is 0 Å². The van der Waals surface area contributed by atoms with Crippen molar-refractivity contribution in [2.45, 2.75) is 46.1 Å². The van der Waals surface area contributed by atoms with Crippen molar-refractivity contribution < 1.29 is 0 Å². The molecule has 2 rings (SSSR count). The lowest BCUT2D eigenvalue weighted by molar-refractivity contribution is 0.212. The average molecular weight is 379 g/mol. The Hall–Kier alpha value is 0.0800. The van der Waals surface area contributed by atoms with Gasteiger partial charge in [0, 0.05) is 10.5 Å². The third-order valence-electron chi connectivity index (χ3n) is 4.40. The van der Waals surface area contributed by atoms with E-state index in [0.717, 1.165) is 16.1 Å². The molecule has 0 spiro atoms. The number of benzene rings is 1. The van der Waals surface area contributed by atoms with Crippen molar-refractivity contribution in [2.24, 2.45) is 17.8 Å². The number of nitrogens with one attached hydrogen (secondary N) is 1. The summed E-state index contributed by atoms with van der Waals surface area (Å²) in [4.78, 5) is 0. The minimum Gasteiger partial charge on any atom is -0.381 e. The van der Waals surface area contributed by atoms with Gasteiger partial charge in [0.05, 0.1) is 15.7 Å². The van der Waals surface area contributed by atoms with Gasteiger partial charge in [0.15, 0.2) is 0 Å². The van der Waals surface area contributed by atoms with E-state index in [1.165, 1.54) is 19.3 Å². The molecule has 1 saturated carbocycles. The van der Waals surface area contributed by atoms with Crippen molar-refractivity contribution in [3.05, 3.63) is 26.7 Å². The highest BCUT2D eigenvalue weighted by Crippen LogP contribution is 2.39. The molecule has 1 aromatic carbocycles. The quantitative estimate of drug-likeness (QED) is 0.582. The number of halogens is 3. The van der Waals surface area contributed by atoms with Gasteiger partial charge in [-0.2, -0.15) is 0 Å². The molecule has 0 radical (unpaired) electrons. The smallest absolute Gasteiger partial charge is 0.0835 e. The number of hydrogen-bond acceptors (Lipinski definition) is 1. The van der Waals surface area contributed by atoms with Crippen LogP contribution in [-0.4, -0.2) is 6.04 Å². The maximum Gasteiger partial charge on any atom is 0.0835 e. The van der Waals surface area contributed by atoms with Gasteiger partial charge in [0.1, 0.15) is 0 Å². The predicted molar refractivity (Wildman–Crippen MR) is 92.9 cm³/mol. The molecule has 1 aromatic rings. The van der Waals surface area contributed by atoms with E-state index in [0.29, 0.717) is 27.9 Å². The third kappa shape index (κ3) is 3.64. The van der Waals surface area contributed by atoms with Gasteiger partial charge in [-0.05, 0) is 58.7 Å². The van der Waals surface area contributed by atoms with E-state index in [1.54, 1.807) is 0 Å². The summed E-state index contributed by atoms with van der Waals surface area (Å²) in [6.07, 6.45) is 3.82. The first-order valence-electron chi connectivity index (χ1n) is 7.30. The molecular weight excluding hydrogens is 357 g/mol. The van der Waals surface area contributed by atoms with E-state index in [-0.39, 0.29) is 0 Å². The van der Waals surface area contributed by atoms with Gasteiger partial charge in [0.25, 0.3) is 0 Å². The van der Waals surface area contributed by atoms with Crippen LogP contribution in [0.4, 0.5) is 5.69 Å². The van der Waals surface area contributed by atoms with Crippen molar-refractivity contribution in [1.82, 2.24) is 0 Å². The molecule has 1 aliphatic rings. The lowest BCUT2D eigenvalue weighted by Crippen LogP contribution is -2.37. The molecule has 20 heavy (non-hydrogen) atoms. The van der Waals surface area contributed by atoms with Crippen LogP contribution in [0.5, 0.6) is 0 Å². The normalized spacial score (nSPS) is 26.9. The zero-order valence-electron chi connectivity index (χ0n) is 12.2.